The quantitative estimate of drug-likeness (QED) is 0.683. The first-order chi connectivity index (χ1) is 7.36. The van der Waals surface area contributed by atoms with Crippen LogP contribution in [0.4, 0.5) is 0 Å². The Hall–Kier alpha value is -0.160. The molecule has 0 amide bonds. The Balaban J connectivity index is 1.63. The topological polar surface area (TPSA) is 23.8 Å². The van der Waals surface area contributed by atoms with Gasteiger partial charge in [0.05, 0.1) is 11.8 Å². The van der Waals surface area contributed by atoms with Crippen molar-refractivity contribution in [3.63, 3.8) is 0 Å². The van der Waals surface area contributed by atoms with Gasteiger partial charge in [0.15, 0.2) is 0 Å². The minimum absolute atomic E-state index is 0.697. The van der Waals surface area contributed by atoms with Crippen molar-refractivity contribution in [1.82, 2.24) is 0 Å². The summed E-state index contributed by atoms with van der Waals surface area (Å²) < 4.78 is 0. The summed E-state index contributed by atoms with van der Waals surface area (Å²) in [5.74, 6) is 7.18. The first kappa shape index (κ1) is 10.0. The van der Waals surface area contributed by atoms with Crippen LogP contribution in [0.15, 0.2) is 0 Å². The fraction of sp³-hybridized carbons (Fsp3) is 0.923. The third-order valence-corrected chi connectivity index (χ3v) is 5.85. The number of thioether (sulfide) groups is 1. The third kappa shape index (κ3) is 1.80. The second-order valence-electron chi connectivity index (χ2n) is 5.77. The SMILES string of the molecule is N#CCSCC1C2CC3CC(C2)CC1C3. The molecule has 0 spiro atoms. The van der Waals surface area contributed by atoms with Crippen LogP contribution in [0.1, 0.15) is 32.1 Å². The van der Waals surface area contributed by atoms with Crippen molar-refractivity contribution in [3.05, 3.63) is 0 Å². The Bertz CT molecular complexity index is 253. The lowest BCUT2D eigenvalue weighted by molar-refractivity contribution is -0.0261. The summed E-state index contributed by atoms with van der Waals surface area (Å²) in [6, 6.07) is 2.25. The van der Waals surface area contributed by atoms with Gasteiger partial charge in [-0.15, -0.1) is 11.8 Å². The van der Waals surface area contributed by atoms with Crippen molar-refractivity contribution in [3.8, 4) is 6.07 Å². The average molecular weight is 221 g/mol. The summed E-state index contributed by atoms with van der Waals surface area (Å²) >= 11 is 1.87. The van der Waals surface area contributed by atoms with E-state index in [4.69, 9.17) is 5.26 Å². The van der Waals surface area contributed by atoms with E-state index in [0.29, 0.717) is 5.75 Å². The van der Waals surface area contributed by atoms with Crippen LogP contribution in [0, 0.1) is 40.9 Å². The first-order valence-electron chi connectivity index (χ1n) is 6.31. The van der Waals surface area contributed by atoms with Crippen LogP contribution in [0.3, 0.4) is 0 Å². The van der Waals surface area contributed by atoms with E-state index < -0.39 is 0 Å². The van der Waals surface area contributed by atoms with Crippen LogP contribution in [0.5, 0.6) is 0 Å². The van der Waals surface area contributed by atoms with Gasteiger partial charge in [-0.2, -0.15) is 5.26 Å². The third-order valence-electron chi connectivity index (χ3n) is 4.90. The zero-order chi connectivity index (χ0) is 10.3. The van der Waals surface area contributed by atoms with Crippen LogP contribution < -0.4 is 0 Å². The van der Waals surface area contributed by atoms with E-state index in [-0.39, 0.29) is 0 Å². The Morgan fingerprint density at radius 1 is 1.00 bits per heavy atom. The van der Waals surface area contributed by atoms with E-state index in [1.54, 1.807) is 6.42 Å². The molecule has 4 rings (SSSR count). The molecule has 0 aromatic heterocycles. The van der Waals surface area contributed by atoms with E-state index in [0.717, 1.165) is 29.6 Å². The largest absolute Gasteiger partial charge is 0.197 e. The predicted molar refractivity (Wildman–Crippen MR) is 63.5 cm³/mol. The zero-order valence-corrected chi connectivity index (χ0v) is 10.0. The van der Waals surface area contributed by atoms with Gasteiger partial charge in [-0.3, -0.25) is 0 Å². The summed E-state index contributed by atoms with van der Waals surface area (Å²) in [6.45, 7) is 0. The van der Waals surface area contributed by atoms with Crippen LogP contribution in [-0.2, 0) is 0 Å². The number of hydrogen-bond acceptors (Lipinski definition) is 2. The van der Waals surface area contributed by atoms with Gasteiger partial charge in [-0.05, 0) is 67.4 Å². The molecule has 4 bridgehead atoms. The van der Waals surface area contributed by atoms with Gasteiger partial charge in [0.2, 0.25) is 0 Å². The van der Waals surface area contributed by atoms with Crippen LogP contribution in [0.25, 0.3) is 0 Å². The normalized spacial score (nSPS) is 46.7. The molecule has 82 valence electrons. The van der Waals surface area contributed by atoms with Crippen molar-refractivity contribution < 1.29 is 0 Å². The van der Waals surface area contributed by atoms with Gasteiger partial charge in [0, 0.05) is 0 Å². The number of nitrogens with zero attached hydrogens (tertiary/aromatic N) is 1. The summed E-state index contributed by atoms with van der Waals surface area (Å²) in [4.78, 5) is 0. The summed E-state index contributed by atoms with van der Waals surface area (Å²) in [7, 11) is 0. The molecule has 0 unspecified atom stereocenters. The van der Waals surface area contributed by atoms with Crippen molar-refractivity contribution >= 4 is 11.8 Å². The summed E-state index contributed by atoms with van der Waals surface area (Å²) in [5.41, 5.74) is 0. The molecule has 0 atom stereocenters. The molecule has 4 saturated carbocycles. The standard InChI is InChI=1S/C13H19NS/c14-1-2-15-8-13-11-4-9-3-10(6-11)7-12(13)5-9/h9-13H,2-8H2. The molecule has 4 aliphatic carbocycles. The van der Waals surface area contributed by atoms with E-state index in [2.05, 4.69) is 6.07 Å². The molecule has 0 aromatic rings. The van der Waals surface area contributed by atoms with Gasteiger partial charge >= 0.3 is 0 Å². The smallest absolute Gasteiger partial charge is 0.0808 e. The zero-order valence-electron chi connectivity index (χ0n) is 9.19. The lowest BCUT2D eigenvalue weighted by atomic mass is 9.52. The highest BCUT2D eigenvalue weighted by Gasteiger charge is 2.47. The molecular formula is C13H19NS. The average Bonchev–Trinajstić information content (AvgIpc) is 2.21. The van der Waals surface area contributed by atoms with Gasteiger partial charge in [0.1, 0.15) is 0 Å². The van der Waals surface area contributed by atoms with E-state index in [9.17, 15) is 0 Å². The van der Waals surface area contributed by atoms with Crippen molar-refractivity contribution in [2.45, 2.75) is 32.1 Å². The highest BCUT2D eigenvalue weighted by Crippen LogP contribution is 2.56. The molecular weight excluding hydrogens is 202 g/mol. The van der Waals surface area contributed by atoms with Crippen molar-refractivity contribution in [1.29, 1.82) is 5.26 Å². The van der Waals surface area contributed by atoms with Gasteiger partial charge in [-0.25, -0.2) is 0 Å². The molecule has 15 heavy (non-hydrogen) atoms. The molecule has 1 nitrogen and oxygen atoms in total. The number of hydrogen-bond donors (Lipinski definition) is 0. The molecule has 0 aliphatic heterocycles. The monoisotopic (exact) mass is 221 g/mol. The Labute approximate surface area is 96.6 Å². The maximum absolute atomic E-state index is 8.58. The fourth-order valence-corrected chi connectivity index (χ4v) is 5.58. The van der Waals surface area contributed by atoms with E-state index in [1.807, 2.05) is 11.8 Å². The molecule has 0 saturated heterocycles. The lowest BCUT2D eigenvalue weighted by Crippen LogP contribution is -2.45. The molecule has 4 fully saturated rings. The molecule has 0 aromatic carbocycles. The number of rotatable bonds is 3. The Morgan fingerprint density at radius 2 is 1.60 bits per heavy atom. The Morgan fingerprint density at radius 3 is 2.13 bits per heavy atom. The lowest BCUT2D eigenvalue weighted by Gasteiger charge is -2.54. The minimum atomic E-state index is 0.697. The maximum atomic E-state index is 8.58. The van der Waals surface area contributed by atoms with Crippen LogP contribution in [0.2, 0.25) is 0 Å². The van der Waals surface area contributed by atoms with Crippen molar-refractivity contribution in [2.24, 2.45) is 29.6 Å². The Kier molecular flexibility index (Phi) is 2.68. The molecule has 0 heterocycles. The van der Waals surface area contributed by atoms with Gasteiger partial charge < -0.3 is 0 Å². The van der Waals surface area contributed by atoms with Gasteiger partial charge in [-0.1, -0.05) is 0 Å². The summed E-state index contributed by atoms with van der Waals surface area (Å²) in [6.07, 6.45) is 7.62. The minimum Gasteiger partial charge on any atom is -0.197 e. The van der Waals surface area contributed by atoms with Crippen LogP contribution in [-0.4, -0.2) is 11.5 Å². The van der Waals surface area contributed by atoms with Gasteiger partial charge in [0.25, 0.3) is 0 Å². The number of nitriles is 1. The van der Waals surface area contributed by atoms with E-state index >= 15 is 0 Å². The highest BCUT2D eigenvalue weighted by molar-refractivity contribution is 7.99. The summed E-state index contributed by atoms with van der Waals surface area (Å²) in [5, 5.41) is 8.58. The molecule has 0 N–H and O–H groups in total. The fourth-order valence-electron chi connectivity index (χ4n) is 4.55. The highest BCUT2D eigenvalue weighted by atomic mass is 32.2. The molecule has 4 aliphatic rings. The van der Waals surface area contributed by atoms with E-state index in [1.165, 1.54) is 31.4 Å². The second-order valence-corrected chi connectivity index (χ2v) is 6.80. The van der Waals surface area contributed by atoms with Crippen molar-refractivity contribution in [2.75, 3.05) is 11.5 Å². The van der Waals surface area contributed by atoms with Crippen LogP contribution >= 0.6 is 11.8 Å². The second kappa shape index (κ2) is 4.01. The molecule has 0 radical (unpaired) electrons. The predicted octanol–water partition coefficient (Wildman–Crippen LogP) is 3.32. The first-order valence-corrected chi connectivity index (χ1v) is 7.47. The maximum Gasteiger partial charge on any atom is 0.0808 e. The molecule has 2 heteroatoms.